The fraction of sp³-hybridized carbons (Fsp3) is 0.556. The summed E-state index contributed by atoms with van der Waals surface area (Å²) in [7, 11) is 1.37. The maximum Gasteiger partial charge on any atom is 0.310 e. The van der Waals surface area contributed by atoms with E-state index in [1.165, 1.54) is 7.11 Å². The second-order valence-electron chi connectivity index (χ2n) is 2.25. The Morgan fingerprint density at radius 3 is 2.77 bits per heavy atom. The molecule has 0 saturated carbocycles. The number of carbonyl (C=O) groups excluding carboxylic acids is 1. The minimum absolute atomic E-state index is 0.234. The summed E-state index contributed by atoms with van der Waals surface area (Å²) in [5.41, 5.74) is 0. The molecule has 0 amide bonds. The van der Waals surface area contributed by atoms with Crippen LogP contribution in [0.15, 0.2) is 16.1 Å². The van der Waals surface area contributed by atoms with Gasteiger partial charge in [0.1, 0.15) is 0 Å². The van der Waals surface area contributed by atoms with Crippen molar-refractivity contribution >= 4 is 23.9 Å². The Morgan fingerprint density at radius 2 is 2.31 bits per heavy atom. The number of esters is 1. The van der Waals surface area contributed by atoms with Crippen molar-refractivity contribution in [3.05, 3.63) is 11.1 Å². The van der Waals surface area contributed by atoms with Crippen LogP contribution in [0, 0.1) is 0 Å². The highest BCUT2D eigenvalue weighted by atomic mass is 32.2. The van der Waals surface area contributed by atoms with E-state index in [2.05, 4.69) is 9.73 Å². The average molecular weight is 201 g/mol. The van der Waals surface area contributed by atoms with Crippen LogP contribution in [0.3, 0.4) is 0 Å². The van der Waals surface area contributed by atoms with Gasteiger partial charge < -0.3 is 4.74 Å². The summed E-state index contributed by atoms with van der Waals surface area (Å²) in [6.45, 7) is 2.05. The minimum atomic E-state index is -0.263. The molecule has 0 bridgehead atoms. The molecule has 4 heteroatoms. The molecule has 0 aromatic carbocycles. The van der Waals surface area contributed by atoms with Gasteiger partial charge in [-0.1, -0.05) is 13.0 Å². The molecule has 74 valence electrons. The zero-order chi connectivity index (χ0) is 10.1. The van der Waals surface area contributed by atoms with Crippen molar-refractivity contribution in [2.24, 2.45) is 4.99 Å². The van der Waals surface area contributed by atoms with E-state index < -0.39 is 0 Å². The largest absolute Gasteiger partial charge is 0.469 e. The lowest BCUT2D eigenvalue weighted by atomic mass is 10.4. The highest BCUT2D eigenvalue weighted by Crippen LogP contribution is 2.12. The number of methoxy groups -OCH3 is 1. The Hall–Kier alpha value is -0.770. The number of thioether (sulfide) groups is 1. The van der Waals surface area contributed by atoms with Crippen LogP contribution in [-0.2, 0) is 9.53 Å². The summed E-state index contributed by atoms with van der Waals surface area (Å²) >= 11 is 1.56. The Bertz CT molecular complexity index is 212. The molecular formula is C9H15NO2S. The van der Waals surface area contributed by atoms with E-state index in [1.807, 2.05) is 19.3 Å². The lowest BCUT2D eigenvalue weighted by Gasteiger charge is -1.95. The fourth-order valence-corrected chi connectivity index (χ4v) is 1.17. The van der Waals surface area contributed by atoms with E-state index in [0.29, 0.717) is 0 Å². The maximum atomic E-state index is 10.7. The molecule has 0 spiro atoms. The van der Waals surface area contributed by atoms with Crippen LogP contribution in [-0.4, -0.2) is 25.5 Å². The van der Waals surface area contributed by atoms with E-state index in [4.69, 9.17) is 0 Å². The van der Waals surface area contributed by atoms with E-state index >= 15 is 0 Å². The van der Waals surface area contributed by atoms with Crippen molar-refractivity contribution in [3.63, 3.8) is 0 Å². The molecule has 3 nitrogen and oxygen atoms in total. The van der Waals surface area contributed by atoms with E-state index in [0.717, 1.165) is 11.4 Å². The predicted molar refractivity (Wildman–Crippen MR) is 57.0 cm³/mol. The van der Waals surface area contributed by atoms with Crippen LogP contribution in [0.4, 0.5) is 0 Å². The lowest BCUT2D eigenvalue weighted by molar-refractivity contribution is -0.139. The number of carbonyl (C=O) groups is 1. The van der Waals surface area contributed by atoms with Crippen LogP contribution in [0.2, 0.25) is 0 Å². The van der Waals surface area contributed by atoms with Gasteiger partial charge in [-0.25, -0.2) is 0 Å². The van der Waals surface area contributed by atoms with Gasteiger partial charge in [0.2, 0.25) is 0 Å². The molecule has 0 N–H and O–H groups in total. The fourth-order valence-electron chi connectivity index (χ4n) is 0.657. The summed E-state index contributed by atoms with van der Waals surface area (Å²) in [5.74, 6) is -0.263. The third-order valence-electron chi connectivity index (χ3n) is 1.29. The lowest BCUT2D eigenvalue weighted by Crippen LogP contribution is -1.99. The Morgan fingerprint density at radius 1 is 1.62 bits per heavy atom. The zero-order valence-electron chi connectivity index (χ0n) is 8.24. The number of aliphatic imine (C=N–C) groups is 1. The Kier molecular flexibility index (Phi) is 7.39. The normalized spacial score (nSPS) is 12.1. The summed E-state index contributed by atoms with van der Waals surface area (Å²) in [5, 5.41) is 0.936. The number of hydrogen-bond acceptors (Lipinski definition) is 4. The zero-order valence-corrected chi connectivity index (χ0v) is 9.06. The van der Waals surface area contributed by atoms with Crippen LogP contribution in [0.5, 0.6) is 0 Å². The quantitative estimate of drug-likeness (QED) is 0.506. The molecule has 0 heterocycles. The van der Waals surface area contributed by atoms with Crippen molar-refractivity contribution < 1.29 is 9.53 Å². The van der Waals surface area contributed by atoms with Crippen LogP contribution in [0.1, 0.15) is 19.8 Å². The number of hydrogen-bond donors (Lipinski definition) is 0. The first-order valence-corrected chi connectivity index (χ1v) is 5.30. The second-order valence-corrected chi connectivity index (χ2v) is 3.07. The van der Waals surface area contributed by atoms with Gasteiger partial charge in [0.05, 0.1) is 18.6 Å². The van der Waals surface area contributed by atoms with Crippen LogP contribution >= 0.6 is 11.8 Å². The molecular weight excluding hydrogens is 186 g/mol. The number of ether oxygens (including phenoxy) is 1. The molecule has 0 aromatic rings. The first kappa shape index (κ1) is 12.2. The monoisotopic (exact) mass is 201 g/mol. The molecule has 0 unspecified atom stereocenters. The van der Waals surface area contributed by atoms with Crippen molar-refractivity contribution in [1.82, 2.24) is 0 Å². The van der Waals surface area contributed by atoms with Crippen molar-refractivity contribution in [1.29, 1.82) is 0 Å². The highest BCUT2D eigenvalue weighted by molar-refractivity contribution is 8.02. The Balaban J connectivity index is 3.94. The summed E-state index contributed by atoms with van der Waals surface area (Å²) in [4.78, 5) is 14.8. The van der Waals surface area contributed by atoms with Gasteiger partial charge in [0.15, 0.2) is 0 Å². The summed E-state index contributed by atoms with van der Waals surface area (Å²) in [6.07, 6.45) is 6.73. The third kappa shape index (κ3) is 6.40. The standard InChI is InChI=1S/C9H15NO2S/c1-4-5-8(13-3)10-7-6-9(11)12-2/h5,7H,4,6H2,1-3H3/b8-5+,10-7-. The predicted octanol–water partition coefficient (Wildman–Crippen LogP) is 2.23. The third-order valence-corrected chi connectivity index (χ3v) is 1.98. The van der Waals surface area contributed by atoms with Gasteiger partial charge in [-0.15, -0.1) is 11.8 Å². The first-order chi connectivity index (χ1) is 6.24. The van der Waals surface area contributed by atoms with Crippen molar-refractivity contribution in [2.75, 3.05) is 13.4 Å². The molecule has 0 atom stereocenters. The van der Waals surface area contributed by atoms with Gasteiger partial charge in [0.25, 0.3) is 0 Å². The van der Waals surface area contributed by atoms with Gasteiger partial charge in [-0.2, -0.15) is 0 Å². The van der Waals surface area contributed by atoms with E-state index in [9.17, 15) is 4.79 Å². The van der Waals surface area contributed by atoms with Gasteiger partial charge in [-0.05, 0) is 12.7 Å². The second kappa shape index (κ2) is 7.86. The maximum absolute atomic E-state index is 10.7. The topological polar surface area (TPSA) is 38.7 Å². The van der Waals surface area contributed by atoms with Crippen molar-refractivity contribution in [3.8, 4) is 0 Å². The van der Waals surface area contributed by atoms with Gasteiger partial charge in [-0.3, -0.25) is 9.79 Å². The van der Waals surface area contributed by atoms with E-state index in [1.54, 1.807) is 18.0 Å². The Labute approximate surface area is 83.3 Å². The minimum Gasteiger partial charge on any atom is -0.469 e. The molecule has 0 fully saturated rings. The summed E-state index contributed by atoms with van der Waals surface area (Å²) < 4.78 is 4.47. The van der Waals surface area contributed by atoms with Crippen LogP contribution < -0.4 is 0 Å². The van der Waals surface area contributed by atoms with Crippen molar-refractivity contribution in [2.45, 2.75) is 19.8 Å². The molecule has 13 heavy (non-hydrogen) atoms. The SMILES string of the molecule is CC/C=C(\N=C/CC(=O)OC)SC. The van der Waals surface area contributed by atoms with E-state index in [-0.39, 0.29) is 12.4 Å². The molecule has 0 rings (SSSR count). The first-order valence-electron chi connectivity index (χ1n) is 4.08. The molecule has 0 aliphatic carbocycles. The molecule has 0 aliphatic heterocycles. The highest BCUT2D eigenvalue weighted by Gasteiger charge is 1.95. The molecule has 0 aliphatic rings. The average Bonchev–Trinajstić information content (AvgIpc) is 2.16. The smallest absolute Gasteiger partial charge is 0.310 e. The number of rotatable bonds is 5. The van der Waals surface area contributed by atoms with Gasteiger partial charge >= 0.3 is 5.97 Å². The van der Waals surface area contributed by atoms with Crippen LogP contribution in [0.25, 0.3) is 0 Å². The molecule has 0 aromatic heterocycles. The van der Waals surface area contributed by atoms with Gasteiger partial charge in [0, 0.05) is 6.21 Å². The number of allylic oxidation sites excluding steroid dienone is 1. The summed E-state index contributed by atoms with van der Waals surface area (Å²) in [6, 6.07) is 0. The number of nitrogens with zero attached hydrogens (tertiary/aromatic N) is 1. The molecule has 0 saturated heterocycles. The molecule has 0 radical (unpaired) electrons.